The highest BCUT2D eigenvalue weighted by Crippen LogP contribution is 2.17. The zero-order chi connectivity index (χ0) is 13.3. The molecule has 0 saturated heterocycles. The van der Waals surface area contributed by atoms with Gasteiger partial charge in [-0.2, -0.15) is 0 Å². The third-order valence-electron chi connectivity index (χ3n) is 3.44. The van der Waals surface area contributed by atoms with Crippen LogP contribution in [-0.4, -0.2) is 23.1 Å². The van der Waals surface area contributed by atoms with Crippen molar-refractivity contribution in [3.63, 3.8) is 0 Å². The topological polar surface area (TPSA) is 40.7 Å². The Bertz CT molecular complexity index is 436. The lowest BCUT2D eigenvalue weighted by Crippen LogP contribution is -2.18. The van der Waals surface area contributed by atoms with Gasteiger partial charge in [-0.3, -0.25) is 0 Å². The van der Waals surface area contributed by atoms with Gasteiger partial charge >= 0.3 is 0 Å². The van der Waals surface area contributed by atoms with Gasteiger partial charge in [-0.25, -0.2) is 4.98 Å². The average molecular weight is 257 g/mol. The van der Waals surface area contributed by atoms with Gasteiger partial charge in [0.25, 0.3) is 0 Å². The van der Waals surface area contributed by atoms with Crippen LogP contribution >= 0.6 is 0 Å². The van der Waals surface area contributed by atoms with Crippen molar-refractivity contribution in [1.82, 2.24) is 15.3 Å². The van der Waals surface area contributed by atoms with Crippen LogP contribution in [0, 0.1) is 0 Å². The van der Waals surface area contributed by atoms with E-state index in [1.165, 1.54) is 12.0 Å². The molecule has 2 aromatic rings. The first-order valence-electron chi connectivity index (χ1n) is 7.10. The van der Waals surface area contributed by atoms with Gasteiger partial charge in [-0.05, 0) is 37.4 Å². The lowest BCUT2D eigenvalue weighted by Gasteiger charge is -2.12. The summed E-state index contributed by atoms with van der Waals surface area (Å²) in [5.74, 6) is 1.71. The van der Waals surface area contributed by atoms with Crippen molar-refractivity contribution < 1.29 is 0 Å². The summed E-state index contributed by atoms with van der Waals surface area (Å²) >= 11 is 0. The molecular formula is C16H23N3. The zero-order valence-electron chi connectivity index (χ0n) is 11.6. The number of nitrogens with zero attached hydrogens (tertiary/aromatic N) is 1. The summed E-state index contributed by atoms with van der Waals surface area (Å²) in [6.45, 7) is 4.43. The minimum Gasteiger partial charge on any atom is -0.349 e. The van der Waals surface area contributed by atoms with E-state index in [-0.39, 0.29) is 0 Å². The standard InChI is InChI=1S/C16H23N3/c1-14(15-6-3-2-4-7-15)9-11-17-10-5-8-16-18-12-13-19-16/h2-4,6-7,12-14,17H,5,8-11H2,1H3,(H,18,19). The molecule has 0 radical (unpaired) electrons. The Kier molecular flexibility index (Phi) is 5.63. The van der Waals surface area contributed by atoms with Gasteiger partial charge in [0.1, 0.15) is 5.82 Å². The lowest BCUT2D eigenvalue weighted by atomic mass is 9.98. The van der Waals surface area contributed by atoms with E-state index in [4.69, 9.17) is 0 Å². The van der Waals surface area contributed by atoms with E-state index >= 15 is 0 Å². The number of aromatic nitrogens is 2. The van der Waals surface area contributed by atoms with E-state index in [9.17, 15) is 0 Å². The molecule has 3 heteroatoms. The highest BCUT2D eigenvalue weighted by molar-refractivity contribution is 5.18. The Morgan fingerprint density at radius 3 is 2.79 bits per heavy atom. The fraction of sp³-hybridized carbons (Fsp3) is 0.438. The van der Waals surface area contributed by atoms with Crippen LogP contribution in [0.25, 0.3) is 0 Å². The van der Waals surface area contributed by atoms with Crippen LogP contribution in [0.2, 0.25) is 0 Å². The first-order valence-corrected chi connectivity index (χ1v) is 7.10. The lowest BCUT2D eigenvalue weighted by molar-refractivity contribution is 0.578. The molecule has 1 aromatic heterocycles. The van der Waals surface area contributed by atoms with Gasteiger partial charge in [0.2, 0.25) is 0 Å². The van der Waals surface area contributed by atoms with Crippen molar-refractivity contribution in [1.29, 1.82) is 0 Å². The summed E-state index contributed by atoms with van der Waals surface area (Å²) in [6.07, 6.45) is 7.03. The molecule has 0 aliphatic heterocycles. The maximum Gasteiger partial charge on any atom is 0.106 e. The van der Waals surface area contributed by atoms with Gasteiger partial charge in [-0.15, -0.1) is 0 Å². The van der Waals surface area contributed by atoms with E-state index < -0.39 is 0 Å². The molecule has 1 unspecified atom stereocenters. The molecule has 0 fully saturated rings. The molecule has 2 rings (SSSR count). The van der Waals surface area contributed by atoms with Crippen molar-refractivity contribution in [2.45, 2.75) is 32.1 Å². The molecule has 3 nitrogen and oxygen atoms in total. The largest absolute Gasteiger partial charge is 0.349 e. The van der Waals surface area contributed by atoms with Crippen molar-refractivity contribution in [2.24, 2.45) is 0 Å². The maximum absolute atomic E-state index is 4.22. The summed E-state index contributed by atoms with van der Waals surface area (Å²) in [4.78, 5) is 7.35. The predicted octanol–water partition coefficient (Wildman–Crippen LogP) is 3.13. The van der Waals surface area contributed by atoms with Crippen molar-refractivity contribution in [3.8, 4) is 0 Å². The fourth-order valence-corrected chi connectivity index (χ4v) is 2.21. The quantitative estimate of drug-likeness (QED) is 0.713. The Hall–Kier alpha value is -1.61. The molecule has 1 heterocycles. The summed E-state index contributed by atoms with van der Waals surface area (Å²) in [7, 11) is 0. The van der Waals surface area contributed by atoms with Crippen LogP contribution in [0.1, 0.15) is 37.1 Å². The summed E-state index contributed by atoms with van der Waals surface area (Å²) in [6, 6.07) is 10.7. The molecule has 0 amide bonds. The zero-order valence-corrected chi connectivity index (χ0v) is 11.6. The molecular weight excluding hydrogens is 234 g/mol. The van der Waals surface area contributed by atoms with E-state index in [2.05, 4.69) is 52.5 Å². The van der Waals surface area contributed by atoms with Crippen LogP contribution in [-0.2, 0) is 6.42 Å². The van der Waals surface area contributed by atoms with Gasteiger partial charge in [-0.1, -0.05) is 37.3 Å². The van der Waals surface area contributed by atoms with Gasteiger partial charge < -0.3 is 10.3 Å². The number of rotatable bonds is 8. The summed E-state index contributed by atoms with van der Waals surface area (Å²) in [5.41, 5.74) is 1.43. The number of aromatic amines is 1. The van der Waals surface area contributed by atoms with E-state index in [1.54, 1.807) is 0 Å². The molecule has 102 valence electrons. The van der Waals surface area contributed by atoms with Crippen LogP contribution in [0.15, 0.2) is 42.7 Å². The molecule has 0 spiro atoms. The number of aryl methyl sites for hydroxylation is 1. The van der Waals surface area contributed by atoms with E-state index in [1.807, 2.05) is 12.4 Å². The summed E-state index contributed by atoms with van der Waals surface area (Å²) in [5, 5.41) is 3.51. The third kappa shape index (κ3) is 4.87. The second-order valence-electron chi connectivity index (χ2n) is 4.99. The van der Waals surface area contributed by atoms with E-state index in [0.717, 1.165) is 31.8 Å². The summed E-state index contributed by atoms with van der Waals surface area (Å²) < 4.78 is 0. The molecule has 0 saturated carbocycles. The molecule has 0 aliphatic rings. The highest BCUT2D eigenvalue weighted by Gasteiger charge is 2.03. The van der Waals surface area contributed by atoms with Crippen molar-refractivity contribution in [2.75, 3.05) is 13.1 Å². The SMILES string of the molecule is CC(CCNCCCc1ncc[nH]1)c1ccccc1. The molecule has 0 aliphatic carbocycles. The van der Waals surface area contributed by atoms with Crippen LogP contribution < -0.4 is 5.32 Å². The number of nitrogens with one attached hydrogen (secondary N) is 2. The first kappa shape index (κ1) is 13.8. The second-order valence-corrected chi connectivity index (χ2v) is 4.99. The minimum atomic E-state index is 0.624. The monoisotopic (exact) mass is 257 g/mol. The number of imidazole rings is 1. The first-order chi connectivity index (χ1) is 9.36. The molecule has 19 heavy (non-hydrogen) atoms. The Morgan fingerprint density at radius 1 is 1.21 bits per heavy atom. The molecule has 0 bridgehead atoms. The van der Waals surface area contributed by atoms with Crippen molar-refractivity contribution >= 4 is 0 Å². The fourth-order valence-electron chi connectivity index (χ4n) is 2.21. The average Bonchev–Trinajstić information content (AvgIpc) is 2.96. The highest BCUT2D eigenvalue weighted by atomic mass is 14.9. The molecule has 2 N–H and O–H groups in total. The van der Waals surface area contributed by atoms with Crippen LogP contribution in [0.4, 0.5) is 0 Å². The molecule has 1 atom stereocenters. The normalized spacial score (nSPS) is 12.5. The second kappa shape index (κ2) is 7.74. The number of hydrogen-bond donors (Lipinski definition) is 2. The third-order valence-corrected chi connectivity index (χ3v) is 3.44. The predicted molar refractivity (Wildman–Crippen MR) is 79.3 cm³/mol. The maximum atomic E-state index is 4.22. The Balaban J connectivity index is 1.54. The number of benzene rings is 1. The van der Waals surface area contributed by atoms with Gasteiger partial charge in [0.05, 0.1) is 0 Å². The van der Waals surface area contributed by atoms with Crippen molar-refractivity contribution in [3.05, 3.63) is 54.1 Å². The van der Waals surface area contributed by atoms with E-state index in [0.29, 0.717) is 5.92 Å². The Labute approximate surface area is 115 Å². The smallest absolute Gasteiger partial charge is 0.106 e. The van der Waals surface area contributed by atoms with Gasteiger partial charge in [0.15, 0.2) is 0 Å². The Morgan fingerprint density at radius 2 is 2.05 bits per heavy atom. The number of H-pyrrole nitrogens is 1. The minimum absolute atomic E-state index is 0.624. The number of hydrogen-bond acceptors (Lipinski definition) is 2. The van der Waals surface area contributed by atoms with Crippen LogP contribution in [0.3, 0.4) is 0 Å². The van der Waals surface area contributed by atoms with Crippen LogP contribution in [0.5, 0.6) is 0 Å². The van der Waals surface area contributed by atoms with Gasteiger partial charge in [0, 0.05) is 18.8 Å². The molecule has 1 aromatic carbocycles.